The molecule has 3 rings (SSSR count). The van der Waals surface area contributed by atoms with Gasteiger partial charge in [0.2, 0.25) is 11.1 Å². The minimum Gasteiger partial charge on any atom is -0.351 e. The first kappa shape index (κ1) is 19.0. The second-order valence-corrected chi connectivity index (χ2v) is 7.52. The van der Waals surface area contributed by atoms with Crippen LogP contribution in [0.1, 0.15) is 23.6 Å². The standard InChI is InChI=1S/C19H20FN5OS/c1-12-8-9-16(10-13(12)2)25-19(22-23-24-25)27-14(3)18(26)21-11-15-6-4-5-7-17(15)20/h4-10,14H,11H2,1-3H3,(H,21,26). The lowest BCUT2D eigenvalue weighted by Gasteiger charge is -2.12. The summed E-state index contributed by atoms with van der Waals surface area (Å²) in [6.07, 6.45) is 0. The average Bonchev–Trinajstić information content (AvgIpc) is 3.11. The van der Waals surface area contributed by atoms with Gasteiger partial charge in [-0.3, -0.25) is 4.79 Å². The topological polar surface area (TPSA) is 72.7 Å². The zero-order valence-electron chi connectivity index (χ0n) is 15.3. The highest BCUT2D eigenvalue weighted by Gasteiger charge is 2.19. The lowest BCUT2D eigenvalue weighted by molar-refractivity contribution is -0.120. The van der Waals surface area contributed by atoms with Crippen molar-refractivity contribution in [2.45, 2.75) is 37.7 Å². The molecule has 6 nitrogen and oxygen atoms in total. The summed E-state index contributed by atoms with van der Waals surface area (Å²) in [6.45, 7) is 5.96. The average molecular weight is 385 g/mol. The van der Waals surface area contributed by atoms with Crippen molar-refractivity contribution in [1.82, 2.24) is 25.5 Å². The van der Waals surface area contributed by atoms with Crippen LogP contribution >= 0.6 is 11.8 Å². The number of nitrogens with zero attached hydrogens (tertiary/aromatic N) is 4. The Bertz CT molecular complexity index is 959. The number of halogens is 1. The van der Waals surface area contributed by atoms with E-state index in [0.717, 1.165) is 11.3 Å². The molecule has 8 heteroatoms. The molecule has 0 aliphatic heterocycles. The summed E-state index contributed by atoms with van der Waals surface area (Å²) in [5.74, 6) is -0.547. The predicted molar refractivity (Wildman–Crippen MR) is 102 cm³/mol. The minimum absolute atomic E-state index is 0.137. The number of carbonyl (C=O) groups is 1. The summed E-state index contributed by atoms with van der Waals surface area (Å²) in [6, 6.07) is 12.3. The molecule has 0 radical (unpaired) electrons. The SMILES string of the molecule is Cc1ccc(-n2nnnc2SC(C)C(=O)NCc2ccccc2F)cc1C. The van der Waals surface area contributed by atoms with Gasteiger partial charge in [-0.15, -0.1) is 5.10 Å². The van der Waals surface area contributed by atoms with Crippen LogP contribution in [0.2, 0.25) is 0 Å². The Morgan fingerprint density at radius 2 is 2.00 bits per heavy atom. The number of carbonyl (C=O) groups excluding carboxylic acids is 1. The molecule has 1 amide bonds. The monoisotopic (exact) mass is 385 g/mol. The van der Waals surface area contributed by atoms with Gasteiger partial charge in [0.05, 0.1) is 10.9 Å². The minimum atomic E-state index is -0.437. The Morgan fingerprint density at radius 1 is 1.22 bits per heavy atom. The summed E-state index contributed by atoms with van der Waals surface area (Å²) in [4.78, 5) is 12.4. The quantitative estimate of drug-likeness (QED) is 0.660. The van der Waals surface area contributed by atoms with Crippen LogP contribution in [-0.2, 0) is 11.3 Å². The van der Waals surface area contributed by atoms with Crippen LogP contribution in [0.4, 0.5) is 4.39 Å². The summed E-state index contributed by atoms with van der Waals surface area (Å²) in [5.41, 5.74) is 3.60. The van der Waals surface area contributed by atoms with Crippen LogP contribution in [0.15, 0.2) is 47.6 Å². The smallest absolute Gasteiger partial charge is 0.233 e. The van der Waals surface area contributed by atoms with E-state index in [-0.39, 0.29) is 18.3 Å². The lowest BCUT2D eigenvalue weighted by Crippen LogP contribution is -2.31. The van der Waals surface area contributed by atoms with Crippen molar-refractivity contribution >= 4 is 17.7 Å². The van der Waals surface area contributed by atoms with Crippen molar-refractivity contribution in [3.05, 3.63) is 65.0 Å². The maximum absolute atomic E-state index is 13.7. The maximum Gasteiger partial charge on any atom is 0.233 e. The summed E-state index contributed by atoms with van der Waals surface area (Å²) < 4.78 is 15.3. The molecule has 1 atom stereocenters. The molecule has 0 saturated carbocycles. The van der Waals surface area contributed by atoms with Gasteiger partial charge in [0.1, 0.15) is 5.82 Å². The highest BCUT2D eigenvalue weighted by atomic mass is 32.2. The van der Waals surface area contributed by atoms with Crippen molar-refractivity contribution < 1.29 is 9.18 Å². The fourth-order valence-corrected chi connectivity index (χ4v) is 3.28. The van der Waals surface area contributed by atoms with E-state index < -0.39 is 5.25 Å². The number of amides is 1. The molecular formula is C19H20FN5OS. The molecule has 1 heterocycles. The highest BCUT2D eigenvalue weighted by molar-refractivity contribution is 8.00. The predicted octanol–water partition coefficient (Wildman–Crippen LogP) is 3.22. The highest BCUT2D eigenvalue weighted by Crippen LogP contribution is 2.24. The molecule has 1 unspecified atom stereocenters. The second-order valence-electron chi connectivity index (χ2n) is 6.21. The number of benzene rings is 2. The van der Waals surface area contributed by atoms with Crippen molar-refractivity contribution in [2.75, 3.05) is 0 Å². The third kappa shape index (κ3) is 4.51. The Balaban J connectivity index is 1.67. The Hall–Kier alpha value is -2.74. The molecule has 0 saturated heterocycles. The van der Waals surface area contributed by atoms with Crippen molar-refractivity contribution in [2.24, 2.45) is 0 Å². The van der Waals surface area contributed by atoms with Gasteiger partial charge in [0.25, 0.3) is 0 Å². The van der Waals surface area contributed by atoms with E-state index in [1.807, 2.05) is 32.0 Å². The number of thioether (sulfide) groups is 1. The molecule has 0 aliphatic carbocycles. The number of aromatic nitrogens is 4. The van der Waals surface area contributed by atoms with E-state index in [9.17, 15) is 9.18 Å². The molecule has 0 aliphatic rings. The van der Waals surface area contributed by atoms with Gasteiger partial charge in [-0.1, -0.05) is 36.0 Å². The zero-order chi connectivity index (χ0) is 19.4. The van der Waals surface area contributed by atoms with E-state index in [0.29, 0.717) is 10.7 Å². The fraction of sp³-hybridized carbons (Fsp3) is 0.263. The summed E-state index contributed by atoms with van der Waals surface area (Å²) >= 11 is 1.25. The Kier molecular flexibility index (Phi) is 5.85. The van der Waals surface area contributed by atoms with Crippen LogP contribution in [0.25, 0.3) is 5.69 Å². The third-order valence-electron chi connectivity index (χ3n) is 4.24. The molecule has 3 aromatic rings. The molecular weight excluding hydrogens is 365 g/mol. The molecule has 1 N–H and O–H groups in total. The zero-order valence-corrected chi connectivity index (χ0v) is 16.1. The van der Waals surface area contributed by atoms with E-state index >= 15 is 0 Å². The van der Waals surface area contributed by atoms with Gasteiger partial charge >= 0.3 is 0 Å². The van der Waals surface area contributed by atoms with Gasteiger partial charge < -0.3 is 5.32 Å². The van der Waals surface area contributed by atoms with E-state index in [4.69, 9.17) is 0 Å². The van der Waals surface area contributed by atoms with Crippen molar-refractivity contribution in [1.29, 1.82) is 0 Å². The number of nitrogens with one attached hydrogen (secondary N) is 1. The first-order chi connectivity index (χ1) is 13.0. The number of hydrogen-bond acceptors (Lipinski definition) is 5. The summed E-state index contributed by atoms with van der Waals surface area (Å²) in [5, 5.41) is 14.6. The largest absolute Gasteiger partial charge is 0.351 e. The second kappa shape index (κ2) is 8.30. The van der Waals surface area contributed by atoms with Crippen LogP contribution in [0, 0.1) is 19.7 Å². The van der Waals surface area contributed by atoms with Gasteiger partial charge in [0.15, 0.2) is 0 Å². The number of aryl methyl sites for hydroxylation is 2. The maximum atomic E-state index is 13.7. The van der Waals surface area contributed by atoms with E-state index in [2.05, 4.69) is 20.8 Å². The number of tetrazole rings is 1. The van der Waals surface area contributed by atoms with Crippen molar-refractivity contribution in [3.63, 3.8) is 0 Å². The molecule has 140 valence electrons. The molecule has 0 spiro atoms. The molecule has 0 bridgehead atoms. The number of hydrogen-bond donors (Lipinski definition) is 1. The molecule has 1 aromatic heterocycles. The van der Waals surface area contributed by atoms with Gasteiger partial charge in [-0.25, -0.2) is 4.39 Å². The summed E-state index contributed by atoms with van der Waals surface area (Å²) in [7, 11) is 0. The van der Waals surface area contributed by atoms with E-state index in [1.165, 1.54) is 23.4 Å². The van der Waals surface area contributed by atoms with Crippen LogP contribution in [0.3, 0.4) is 0 Å². The first-order valence-electron chi connectivity index (χ1n) is 8.49. The molecule has 0 fully saturated rings. The van der Waals surface area contributed by atoms with Gasteiger partial charge in [-0.05, 0) is 60.5 Å². The molecule has 27 heavy (non-hydrogen) atoms. The third-order valence-corrected chi connectivity index (χ3v) is 5.27. The fourth-order valence-electron chi connectivity index (χ4n) is 2.45. The number of rotatable bonds is 6. The van der Waals surface area contributed by atoms with Crippen LogP contribution in [0.5, 0.6) is 0 Å². The first-order valence-corrected chi connectivity index (χ1v) is 9.37. The Morgan fingerprint density at radius 3 is 2.74 bits per heavy atom. The van der Waals surface area contributed by atoms with Gasteiger partial charge in [-0.2, -0.15) is 4.68 Å². The molecule has 2 aromatic carbocycles. The van der Waals surface area contributed by atoms with Gasteiger partial charge in [0, 0.05) is 12.1 Å². The van der Waals surface area contributed by atoms with Crippen LogP contribution < -0.4 is 5.32 Å². The van der Waals surface area contributed by atoms with Crippen LogP contribution in [-0.4, -0.2) is 31.4 Å². The Labute approximate surface area is 161 Å². The van der Waals surface area contributed by atoms with Crippen molar-refractivity contribution in [3.8, 4) is 5.69 Å². The van der Waals surface area contributed by atoms with E-state index in [1.54, 1.807) is 29.8 Å². The normalized spacial score (nSPS) is 12.0. The lowest BCUT2D eigenvalue weighted by atomic mass is 10.1.